The lowest BCUT2D eigenvalue weighted by atomic mass is 10.1. The molecule has 2 atom stereocenters. The van der Waals surface area contributed by atoms with Gasteiger partial charge in [-0.25, -0.2) is 16.8 Å². The first-order chi connectivity index (χ1) is 14.1. The Labute approximate surface area is 181 Å². The van der Waals surface area contributed by atoms with Crippen molar-refractivity contribution in [1.29, 1.82) is 0 Å². The molecule has 1 fully saturated rings. The van der Waals surface area contributed by atoms with Crippen molar-refractivity contribution in [3.63, 3.8) is 0 Å². The number of halogens is 1. The van der Waals surface area contributed by atoms with E-state index in [0.29, 0.717) is 23.7 Å². The molecule has 0 aliphatic carbocycles. The quantitative estimate of drug-likeness (QED) is 0.641. The molecule has 0 aromatic heterocycles. The second kappa shape index (κ2) is 9.05. The molecule has 2 aromatic carbocycles. The standard InChI is InChI=1S/C20H23ClN2O5S2/c1-14(24)23-17-6-8-18(9-7-17)30(27,28)20-13-29(25,26)12-19(20)22-11-10-15-2-4-16(21)5-3-15/h2-9,19-20,22H,10-13H2,1H3,(H,23,24)/t19-,20-/m0/s1. The molecule has 0 radical (unpaired) electrons. The molecule has 7 nitrogen and oxygen atoms in total. The number of carbonyl (C=O) groups is 1. The summed E-state index contributed by atoms with van der Waals surface area (Å²) < 4.78 is 50.7. The van der Waals surface area contributed by atoms with Crippen LogP contribution in [0.2, 0.25) is 5.02 Å². The van der Waals surface area contributed by atoms with Gasteiger partial charge in [0.1, 0.15) is 0 Å². The summed E-state index contributed by atoms with van der Waals surface area (Å²) in [7, 11) is -7.35. The van der Waals surface area contributed by atoms with E-state index >= 15 is 0 Å². The van der Waals surface area contributed by atoms with Crippen LogP contribution in [-0.4, -0.2) is 52.1 Å². The highest BCUT2D eigenvalue weighted by molar-refractivity contribution is 7.96. The van der Waals surface area contributed by atoms with Crippen molar-refractivity contribution in [3.8, 4) is 0 Å². The third kappa shape index (κ3) is 5.60. The third-order valence-electron chi connectivity index (χ3n) is 4.94. The van der Waals surface area contributed by atoms with Crippen LogP contribution in [0.3, 0.4) is 0 Å². The maximum absolute atomic E-state index is 13.1. The number of nitrogens with one attached hydrogen (secondary N) is 2. The highest BCUT2D eigenvalue weighted by Gasteiger charge is 2.45. The van der Waals surface area contributed by atoms with E-state index in [1.165, 1.54) is 31.2 Å². The maximum Gasteiger partial charge on any atom is 0.221 e. The fourth-order valence-electron chi connectivity index (χ4n) is 3.47. The van der Waals surface area contributed by atoms with Crippen LogP contribution in [0.4, 0.5) is 5.69 Å². The summed E-state index contributed by atoms with van der Waals surface area (Å²) in [6.07, 6.45) is 0.617. The molecular weight excluding hydrogens is 448 g/mol. The highest BCUT2D eigenvalue weighted by atomic mass is 35.5. The summed E-state index contributed by atoms with van der Waals surface area (Å²) in [4.78, 5) is 11.2. The summed E-state index contributed by atoms with van der Waals surface area (Å²) in [5.74, 6) is -0.902. The first kappa shape index (κ1) is 22.7. The second-order valence-corrected chi connectivity index (χ2v) is 12.1. The zero-order chi connectivity index (χ0) is 21.9. The average molecular weight is 471 g/mol. The van der Waals surface area contributed by atoms with Gasteiger partial charge in [0.25, 0.3) is 0 Å². The molecule has 2 aromatic rings. The van der Waals surface area contributed by atoms with Crippen molar-refractivity contribution >= 4 is 42.9 Å². The number of carbonyl (C=O) groups excluding carboxylic acids is 1. The SMILES string of the molecule is CC(=O)Nc1ccc(S(=O)(=O)[C@H]2CS(=O)(=O)C[C@@H]2NCCc2ccc(Cl)cc2)cc1. The van der Waals surface area contributed by atoms with E-state index in [9.17, 15) is 21.6 Å². The molecule has 0 saturated carbocycles. The highest BCUT2D eigenvalue weighted by Crippen LogP contribution is 2.27. The van der Waals surface area contributed by atoms with Crippen LogP contribution in [0, 0.1) is 0 Å². The monoisotopic (exact) mass is 470 g/mol. The molecule has 3 rings (SSSR count). The Balaban J connectivity index is 1.73. The van der Waals surface area contributed by atoms with Crippen LogP contribution in [0.25, 0.3) is 0 Å². The lowest BCUT2D eigenvalue weighted by Crippen LogP contribution is -2.44. The lowest BCUT2D eigenvalue weighted by molar-refractivity contribution is -0.114. The molecule has 0 bridgehead atoms. The topological polar surface area (TPSA) is 109 Å². The number of rotatable bonds is 7. The molecule has 1 aliphatic rings. The predicted molar refractivity (Wildman–Crippen MR) is 117 cm³/mol. The Bertz CT molecular complexity index is 1110. The van der Waals surface area contributed by atoms with E-state index in [2.05, 4.69) is 10.6 Å². The van der Waals surface area contributed by atoms with Gasteiger partial charge in [0.05, 0.1) is 21.7 Å². The second-order valence-electron chi connectivity index (χ2n) is 7.30. The van der Waals surface area contributed by atoms with Crippen molar-refractivity contribution in [2.75, 3.05) is 23.4 Å². The van der Waals surface area contributed by atoms with Crippen LogP contribution in [-0.2, 0) is 30.9 Å². The predicted octanol–water partition coefficient (Wildman–Crippen LogP) is 2.07. The van der Waals surface area contributed by atoms with Crippen LogP contribution >= 0.6 is 11.6 Å². The van der Waals surface area contributed by atoms with E-state index in [1.807, 2.05) is 12.1 Å². The van der Waals surface area contributed by atoms with Gasteiger partial charge in [0.2, 0.25) is 5.91 Å². The Morgan fingerprint density at radius 1 is 1.07 bits per heavy atom. The zero-order valence-corrected chi connectivity index (χ0v) is 18.7. The Morgan fingerprint density at radius 3 is 2.30 bits per heavy atom. The van der Waals surface area contributed by atoms with E-state index in [4.69, 9.17) is 11.6 Å². The minimum Gasteiger partial charge on any atom is -0.326 e. The molecule has 30 heavy (non-hydrogen) atoms. The molecular formula is C20H23ClN2O5S2. The minimum absolute atomic E-state index is 0.0307. The van der Waals surface area contributed by atoms with Crippen molar-refractivity contribution in [1.82, 2.24) is 5.32 Å². The Hall–Kier alpha value is -1.94. The van der Waals surface area contributed by atoms with Gasteiger partial charge in [-0.2, -0.15) is 0 Å². The van der Waals surface area contributed by atoms with Crippen molar-refractivity contribution in [2.24, 2.45) is 0 Å². The van der Waals surface area contributed by atoms with E-state index in [0.717, 1.165) is 5.56 Å². The fraction of sp³-hybridized carbons (Fsp3) is 0.350. The van der Waals surface area contributed by atoms with E-state index in [1.54, 1.807) is 12.1 Å². The molecule has 0 unspecified atom stereocenters. The van der Waals surface area contributed by atoms with E-state index in [-0.39, 0.29) is 16.6 Å². The summed E-state index contributed by atoms with van der Waals surface area (Å²) in [5, 5.41) is 5.25. The van der Waals surface area contributed by atoms with Gasteiger partial charge in [-0.1, -0.05) is 23.7 Å². The Kier molecular flexibility index (Phi) is 6.86. The molecule has 0 spiro atoms. The van der Waals surface area contributed by atoms with Gasteiger partial charge < -0.3 is 10.6 Å². The number of benzene rings is 2. The summed E-state index contributed by atoms with van der Waals surface area (Å²) >= 11 is 5.87. The zero-order valence-electron chi connectivity index (χ0n) is 16.3. The van der Waals surface area contributed by atoms with Crippen molar-refractivity contribution in [2.45, 2.75) is 29.5 Å². The summed E-state index contributed by atoms with van der Waals surface area (Å²) in [5.41, 5.74) is 1.49. The van der Waals surface area contributed by atoms with Gasteiger partial charge in [-0.15, -0.1) is 0 Å². The molecule has 10 heteroatoms. The minimum atomic E-state index is -3.88. The van der Waals surface area contributed by atoms with Crippen molar-refractivity contribution in [3.05, 3.63) is 59.1 Å². The number of anilines is 1. The third-order valence-corrected chi connectivity index (χ3v) is 9.35. The first-order valence-corrected chi connectivity index (χ1v) is 13.1. The Morgan fingerprint density at radius 2 is 1.70 bits per heavy atom. The van der Waals surface area contributed by atoms with Gasteiger partial charge in [0.15, 0.2) is 19.7 Å². The largest absolute Gasteiger partial charge is 0.326 e. The molecule has 1 aliphatic heterocycles. The summed E-state index contributed by atoms with van der Waals surface area (Å²) in [6.45, 7) is 1.80. The van der Waals surface area contributed by atoms with Gasteiger partial charge >= 0.3 is 0 Å². The van der Waals surface area contributed by atoms with Gasteiger partial charge in [0, 0.05) is 23.7 Å². The first-order valence-electron chi connectivity index (χ1n) is 9.37. The van der Waals surface area contributed by atoms with Crippen LogP contribution in [0.15, 0.2) is 53.4 Å². The number of hydrogen-bond donors (Lipinski definition) is 2. The van der Waals surface area contributed by atoms with Crippen molar-refractivity contribution < 1.29 is 21.6 Å². The van der Waals surface area contributed by atoms with Crippen LogP contribution < -0.4 is 10.6 Å². The molecule has 162 valence electrons. The smallest absolute Gasteiger partial charge is 0.221 e. The molecule has 1 heterocycles. The van der Waals surface area contributed by atoms with E-state index < -0.39 is 36.7 Å². The molecule has 1 saturated heterocycles. The molecule has 1 amide bonds. The van der Waals surface area contributed by atoms with Gasteiger partial charge in [-0.3, -0.25) is 4.79 Å². The molecule has 2 N–H and O–H groups in total. The number of amides is 1. The fourth-order valence-corrected chi connectivity index (χ4v) is 8.31. The average Bonchev–Trinajstić information content (AvgIpc) is 2.99. The lowest BCUT2D eigenvalue weighted by Gasteiger charge is -2.20. The maximum atomic E-state index is 13.1. The van der Waals surface area contributed by atoms with Crippen LogP contribution in [0.1, 0.15) is 12.5 Å². The number of sulfone groups is 2. The summed E-state index contributed by atoms with van der Waals surface area (Å²) in [6, 6.07) is 12.3. The van der Waals surface area contributed by atoms with Gasteiger partial charge in [-0.05, 0) is 54.9 Å². The van der Waals surface area contributed by atoms with Crippen LogP contribution in [0.5, 0.6) is 0 Å². The normalized spacial score (nSPS) is 20.7. The number of hydrogen-bond acceptors (Lipinski definition) is 6.